The maximum absolute atomic E-state index is 5.33. The lowest BCUT2D eigenvalue weighted by molar-refractivity contribution is 0.0185. The summed E-state index contributed by atoms with van der Waals surface area (Å²) in [7, 11) is 1.74. The highest BCUT2D eigenvalue weighted by Gasteiger charge is 2.15. The average molecular weight is 229 g/mol. The Morgan fingerprint density at radius 3 is 2.67 bits per heavy atom. The van der Waals surface area contributed by atoms with Crippen molar-refractivity contribution in [3.63, 3.8) is 0 Å². The van der Waals surface area contributed by atoms with Crippen molar-refractivity contribution in [2.75, 3.05) is 19.0 Å². The maximum Gasteiger partial charge on any atom is 0.205 e. The second-order valence-corrected chi connectivity index (χ2v) is 5.06. The van der Waals surface area contributed by atoms with E-state index in [9.17, 15) is 0 Å². The van der Waals surface area contributed by atoms with Crippen molar-refractivity contribution < 1.29 is 4.74 Å². The molecule has 0 aromatic carbocycles. The van der Waals surface area contributed by atoms with E-state index >= 15 is 0 Å². The molecule has 1 aromatic heterocycles. The average Bonchev–Trinajstić information content (AvgIpc) is 2.66. The summed E-state index contributed by atoms with van der Waals surface area (Å²) in [5.41, 5.74) is -0.0781. The molecule has 5 heteroatoms. The minimum atomic E-state index is -0.0781. The summed E-state index contributed by atoms with van der Waals surface area (Å²) < 4.78 is 5.33. The van der Waals surface area contributed by atoms with Gasteiger partial charge in [-0.3, -0.25) is 0 Å². The third-order valence-electron chi connectivity index (χ3n) is 2.33. The van der Waals surface area contributed by atoms with E-state index in [-0.39, 0.29) is 5.60 Å². The van der Waals surface area contributed by atoms with Crippen LogP contribution in [0.4, 0.5) is 5.13 Å². The van der Waals surface area contributed by atoms with Crippen molar-refractivity contribution in [1.82, 2.24) is 10.2 Å². The highest BCUT2D eigenvalue weighted by molar-refractivity contribution is 7.15. The Labute approximate surface area is 95.1 Å². The molecule has 1 aromatic rings. The summed E-state index contributed by atoms with van der Waals surface area (Å²) in [5.74, 6) is 0. The van der Waals surface area contributed by atoms with E-state index < -0.39 is 0 Å². The summed E-state index contributed by atoms with van der Waals surface area (Å²) >= 11 is 1.62. The van der Waals surface area contributed by atoms with Crippen LogP contribution in [0.2, 0.25) is 0 Å². The van der Waals surface area contributed by atoms with Crippen molar-refractivity contribution in [3.05, 3.63) is 5.01 Å². The maximum atomic E-state index is 5.33. The van der Waals surface area contributed by atoms with Crippen LogP contribution in [0, 0.1) is 0 Å². The number of ether oxygens (including phenoxy) is 1. The van der Waals surface area contributed by atoms with Crippen LogP contribution in [0.3, 0.4) is 0 Å². The second-order valence-electron chi connectivity index (χ2n) is 4.00. The van der Waals surface area contributed by atoms with Gasteiger partial charge in [-0.2, -0.15) is 0 Å². The SMILES string of the molecule is CCc1nnc(NCCC(C)(C)OC)s1. The second kappa shape index (κ2) is 5.42. The Balaban J connectivity index is 2.31. The number of nitrogens with one attached hydrogen (secondary N) is 1. The molecule has 4 nitrogen and oxygen atoms in total. The molecule has 86 valence electrons. The molecule has 1 rings (SSSR count). The zero-order valence-electron chi connectivity index (χ0n) is 9.83. The Hall–Kier alpha value is -0.680. The fourth-order valence-electron chi connectivity index (χ4n) is 1.04. The predicted octanol–water partition coefficient (Wildman–Crippen LogP) is 2.33. The summed E-state index contributed by atoms with van der Waals surface area (Å²) in [6, 6.07) is 0. The number of hydrogen-bond donors (Lipinski definition) is 1. The van der Waals surface area contributed by atoms with Gasteiger partial charge in [0.25, 0.3) is 0 Å². The monoisotopic (exact) mass is 229 g/mol. The Morgan fingerprint density at radius 1 is 1.40 bits per heavy atom. The van der Waals surface area contributed by atoms with Gasteiger partial charge < -0.3 is 10.1 Å². The van der Waals surface area contributed by atoms with E-state index in [4.69, 9.17) is 4.74 Å². The molecule has 0 bridgehead atoms. The molecule has 0 spiro atoms. The van der Waals surface area contributed by atoms with Crippen molar-refractivity contribution in [2.24, 2.45) is 0 Å². The molecular formula is C10H19N3OS. The lowest BCUT2D eigenvalue weighted by atomic mass is 10.1. The van der Waals surface area contributed by atoms with Gasteiger partial charge in [-0.1, -0.05) is 18.3 Å². The van der Waals surface area contributed by atoms with Crippen molar-refractivity contribution in [1.29, 1.82) is 0 Å². The molecule has 0 saturated heterocycles. The molecule has 0 radical (unpaired) electrons. The largest absolute Gasteiger partial charge is 0.379 e. The fourth-order valence-corrected chi connectivity index (χ4v) is 1.75. The first kappa shape index (κ1) is 12.4. The van der Waals surface area contributed by atoms with Crippen LogP contribution in [0.15, 0.2) is 0 Å². The molecule has 0 amide bonds. The van der Waals surface area contributed by atoms with Crippen LogP contribution in [0.1, 0.15) is 32.2 Å². The molecule has 0 saturated carbocycles. The minimum absolute atomic E-state index is 0.0781. The van der Waals surface area contributed by atoms with Gasteiger partial charge in [-0.05, 0) is 26.7 Å². The van der Waals surface area contributed by atoms with E-state index in [1.54, 1.807) is 18.4 Å². The fraction of sp³-hybridized carbons (Fsp3) is 0.800. The van der Waals surface area contributed by atoms with Crippen LogP contribution in [0.5, 0.6) is 0 Å². The van der Waals surface area contributed by atoms with Crippen molar-refractivity contribution in [2.45, 2.75) is 39.2 Å². The molecular weight excluding hydrogens is 210 g/mol. The summed E-state index contributed by atoms with van der Waals surface area (Å²) in [4.78, 5) is 0. The zero-order valence-corrected chi connectivity index (χ0v) is 10.6. The zero-order chi connectivity index (χ0) is 11.3. The number of aromatic nitrogens is 2. The smallest absolute Gasteiger partial charge is 0.205 e. The van der Waals surface area contributed by atoms with Gasteiger partial charge in [0.2, 0.25) is 5.13 Å². The first-order valence-electron chi connectivity index (χ1n) is 5.19. The third kappa shape index (κ3) is 4.13. The quantitative estimate of drug-likeness (QED) is 0.813. The van der Waals surface area contributed by atoms with Gasteiger partial charge in [0, 0.05) is 13.7 Å². The first-order chi connectivity index (χ1) is 7.07. The van der Waals surface area contributed by atoms with Gasteiger partial charge in [-0.15, -0.1) is 10.2 Å². The Bertz CT molecular complexity index is 299. The highest BCUT2D eigenvalue weighted by atomic mass is 32.1. The van der Waals surface area contributed by atoms with Gasteiger partial charge in [0.05, 0.1) is 5.60 Å². The lowest BCUT2D eigenvalue weighted by Crippen LogP contribution is -2.25. The Morgan fingerprint density at radius 2 is 2.13 bits per heavy atom. The number of hydrogen-bond acceptors (Lipinski definition) is 5. The van der Waals surface area contributed by atoms with E-state index in [0.29, 0.717) is 0 Å². The standard InChI is InChI=1S/C10H19N3OS/c1-5-8-12-13-9(15-8)11-7-6-10(2,3)14-4/h5-7H2,1-4H3,(H,11,13). The molecule has 1 heterocycles. The van der Waals surface area contributed by atoms with Crippen LogP contribution >= 0.6 is 11.3 Å². The van der Waals surface area contributed by atoms with E-state index in [0.717, 1.165) is 29.5 Å². The Kier molecular flexibility index (Phi) is 4.47. The van der Waals surface area contributed by atoms with Crippen molar-refractivity contribution in [3.8, 4) is 0 Å². The summed E-state index contributed by atoms with van der Waals surface area (Å²) in [6.45, 7) is 7.09. The van der Waals surface area contributed by atoms with Crippen LogP contribution < -0.4 is 5.32 Å². The van der Waals surface area contributed by atoms with Gasteiger partial charge in [0.15, 0.2) is 0 Å². The molecule has 1 N–H and O–H groups in total. The normalized spacial score (nSPS) is 11.7. The van der Waals surface area contributed by atoms with Crippen LogP contribution in [-0.4, -0.2) is 29.5 Å². The topological polar surface area (TPSA) is 47.0 Å². The molecule has 0 aliphatic rings. The number of methoxy groups -OCH3 is 1. The predicted molar refractivity (Wildman–Crippen MR) is 63.5 cm³/mol. The molecule has 0 aliphatic carbocycles. The van der Waals surface area contributed by atoms with Crippen LogP contribution in [-0.2, 0) is 11.2 Å². The van der Waals surface area contributed by atoms with Crippen LogP contribution in [0.25, 0.3) is 0 Å². The van der Waals surface area contributed by atoms with Gasteiger partial charge >= 0.3 is 0 Å². The van der Waals surface area contributed by atoms with Crippen molar-refractivity contribution >= 4 is 16.5 Å². The third-order valence-corrected chi connectivity index (χ3v) is 3.35. The number of rotatable bonds is 6. The summed E-state index contributed by atoms with van der Waals surface area (Å²) in [6.07, 6.45) is 1.90. The molecule has 0 aliphatic heterocycles. The lowest BCUT2D eigenvalue weighted by Gasteiger charge is -2.22. The summed E-state index contributed by atoms with van der Waals surface area (Å²) in [5, 5.41) is 13.3. The molecule has 0 fully saturated rings. The van der Waals surface area contributed by atoms with E-state index in [1.165, 1.54) is 0 Å². The molecule has 15 heavy (non-hydrogen) atoms. The molecule has 0 unspecified atom stereocenters. The van der Waals surface area contributed by atoms with Gasteiger partial charge in [-0.25, -0.2) is 0 Å². The molecule has 0 atom stereocenters. The van der Waals surface area contributed by atoms with E-state index in [1.807, 2.05) is 0 Å². The first-order valence-corrected chi connectivity index (χ1v) is 6.00. The van der Waals surface area contributed by atoms with Gasteiger partial charge in [0.1, 0.15) is 5.01 Å². The number of aryl methyl sites for hydroxylation is 1. The number of anilines is 1. The highest BCUT2D eigenvalue weighted by Crippen LogP contribution is 2.17. The van der Waals surface area contributed by atoms with E-state index in [2.05, 4.69) is 36.3 Å². The number of nitrogens with zero attached hydrogens (tertiary/aromatic N) is 2. The minimum Gasteiger partial charge on any atom is -0.379 e.